The fraction of sp³-hybridized carbons (Fsp3) is 0.947. The van der Waals surface area contributed by atoms with E-state index in [1.807, 2.05) is 0 Å². The van der Waals surface area contributed by atoms with E-state index < -0.39 is 0 Å². The molecule has 0 fully saturated rings. The van der Waals surface area contributed by atoms with Gasteiger partial charge in [0.2, 0.25) is 0 Å². The second kappa shape index (κ2) is 19.0. The van der Waals surface area contributed by atoms with Gasteiger partial charge in [0.15, 0.2) is 0 Å². The molecule has 0 aliphatic rings. The second-order valence-electron chi connectivity index (χ2n) is 6.23. The van der Waals surface area contributed by atoms with Crippen molar-refractivity contribution in [1.82, 2.24) is 0 Å². The zero-order valence-corrected chi connectivity index (χ0v) is 13.9. The molecule has 0 rings (SSSR count). The molecule has 0 saturated carbocycles. The van der Waals surface area contributed by atoms with E-state index in [1.54, 1.807) is 0 Å². The van der Waals surface area contributed by atoms with Crippen LogP contribution in [0.25, 0.3) is 0 Å². The zero-order chi connectivity index (χ0) is 14.7. The molecule has 0 heterocycles. The molecule has 0 atom stereocenters. The highest BCUT2D eigenvalue weighted by Crippen LogP contribution is 2.13. The van der Waals surface area contributed by atoms with Crippen molar-refractivity contribution in [3.8, 4) is 0 Å². The molecule has 0 saturated heterocycles. The number of aliphatic hydroxyl groups is 1. The average Bonchev–Trinajstić information content (AvgIpc) is 2.47. The Morgan fingerprint density at radius 1 is 0.400 bits per heavy atom. The molecule has 1 N–H and O–H groups in total. The quantitative estimate of drug-likeness (QED) is 0.304. The average molecular weight is 284 g/mol. The summed E-state index contributed by atoms with van der Waals surface area (Å²) in [6, 6.07) is 0. The van der Waals surface area contributed by atoms with Gasteiger partial charge < -0.3 is 5.11 Å². The first-order chi connectivity index (χ1) is 9.91. The molecule has 0 amide bonds. The fourth-order valence-electron chi connectivity index (χ4n) is 2.76. The van der Waals surface area contributed by atoms with E-state index in [9.17, 15) is 0 Å². The Labute approximate surface area is 128 Å². The van der Waals surface area contributed by atoms with E-state index in [0.29, 0.717) is 6.61 Å². The summed E-state index contributed by atoms with van der Waals surface area (Å²) in [5.74, 6) is 0. The van der Waals surface area contributed by atoms with Gasteiger partial charge in [0.05, 0.1) is 0 Å². The molecular formula is C19H39O. The summed E-state index contributed by atoms with van der Waals surface area (Å²) < 4.78 is 0. The van der Waals surface area contributed by atoms with E-state index in [0.717, 1.165) is 12.8 Å². The topological polar surface area (TPSA) is 20.2 Å². The van der Waals surface area contributed by atoms with Gasteiger partial charge in [-0.3, -0.25) is 0 Å². The minimum Gasteiger partial charge on any atom is -0.396 e. The summed E-state index contributed by atoms with van der Waals surface area (Å²) in [7, 11) is 0. The van der Waals surface area contributed by atoms with Crippen molar-refractivity contribution in [2.75, 3.05) is 6.61 Å². The minimum absolute atomic E-state index is 0.371. The normalized spacial score (nSPS) is 11.1. The van der Waals surface area contributed by atoms with Crippen LogP contribution < -0.4 is 0 Å². The molecular weight excluding hydrogens is 244 g/mol. The van der Waals surface area contributed by atoms with Crippen molar-refractivity contribution in [3.63, 3.8) is 0 Å². The Morgan fingerprint density at radius 3 is 0.900 bits per heavy atom. The Morgan fingerprint density at radius 2 is 0.650 bits per heavy atom. The van der Waals surface area contributed by atoms with Crippen LogP contribution in [0.3, 0.4) is 0 Å². The Bertz CT molecular complexity index is 138. The van der Waals surface area contributed by atoms with Gasteiger partial charge in [-0.2, -0.15) is 0 Å². The third-order valence-corrected chi connectivity index (χ3v) is 4.16. The second-order valence-corrected chi connectivity index (χ2v) is 6.23. The molecule has 0 aliphatic heterocycles. The molecule has 20 heavy (non-hydrogen) atoms. The van der Waals surface area contributed by atoms with Gasteiger partial charge in [0, 0.05) is 6.61 Å². The summed E-state index contributed by atoms with van der Waals surface area (Å²) in [4.78, 5) is 0. The van der Waals surface area contributed by atoms with Crippen LogP contribution in [0, 0.1) is 6.92 Å². The monoisotopic (exact) mass is 283 g/mol. The molecule has 0 aromatic carbocycles. The van der Waals surface area contributed by atoms with Gasteiger partial charge in [-0.15, -0.1) is 0 Å². The zero-order valence-electron chi connectivity index (χ0n) is 13.9. The summed E-state index contributed by atoms with van der Waals surface area (Å²) >= 11 is 0. The Hall–Kier alpha value is -0.0400. The predicted octanol–water partition coefficient (Wildman–Crippen LogP) is 6.44. The fourth-order valence-corrected chi connectivity index (χ4v) is 2.76. The first-order valence-corrected chi connectivity index (χ1v) is 9.32. The van der Waals surface area contributed by atoms with Crippen molar-refractivity contribution in [2.45, 2.75) is 109 Å². The molecule has 0 bridgehead atoms. The maximum atomic E-state index is 8.68. The minimum atomic E-state index is 0.371. The first kappa shape index (κ1) is 20.0. The van der Waals surface area contributed by atoms with E-state index in [1.165, 1.54) is 96.3 Å². The van der Waals surface area contributed by atoms with Crippen molar-refractivity contribution < 1.29 is 5.11 Å². The van der Waals surface area contributed by atoms with Gasteiger partial charge in [0.1, 0.15) is 0 Å². The molecule has 0 spiro atoms. The molecule has 0 aromatic rings. The van der Waals surface area contributed by atoms with Gasteiger partial charge in [-0.25, -0.2) is 0 Å². The number of hydrogen-bond donors (Lipinski definition) is 1. The molecule has 121 valence electrons. The maximum Gasteiger partial charge on any atom is 0.0431 e. The van der Waals surface area contributed by atoms with Gasteiger partial charge in [-0.05, 0) is 6.42 Å². The largest absolute Gasteiger partial charge is 0.396 e. The molecule has 1 nitrogen and oxygen atoms in total. The summed E-state index contributed by atoms with van der Waals surface area (Å²) in [6.45, 7) is 4.25. The van der Waals surface area contributed by atoms with Crippen LogP contribution in [-0.2, 0) is 0 Å². The van der Waals surface area contributed by atoms with Crippen molar-refractivity contribution in [1.29, 1.82) is 0 Å². The summed E-state index contributed by atoms with van der Waals surface area (Å²) in [6.07, 6.45) is 23.1. The third-order valence-electron chi connectivity index (χ3n) is 4.16. The molecule has 0 aromatic heterocycles. The van der Waals surface area contributed by atoms with E-state index in [2.05, 4.69) is 6.92 Å². The standard InChI is InChI=1S/C19H39O/c1-2-3-4-5-6-7-8-9-10-11-12-13-14-15-16-17-18-19-20/h20H,1-19H2. The molecule has 1 heteroatoms. The van der Waals surface area contributed by atoms with E-state index in [4.69, 9.17) is 5.11 Å². The van der Waals surface area contributed by atoms with Crippen LogP contribution in [0.4, 0.5) is 0 Å². The van der Waals surface area contributed by atoms with Crippen LogP contribution >= 0.6 is 0 Å². The van der Waals surface area contributed by atoms with Crippen molar-refractivity contribution in [2.24, 2.45) is 0 Å². The van der Waals surface area contributed by atoms with Crippen molar-refractivity contribution in [3.05, 3.63) is 6.92 Å². The van der Waals surface area contributed by atoms with Gasteiger partial charge in [0.25, 0.3) is 0 Å². The predicted molar refractivity (Wildman–Crippen MR) is 90.9 cm³/mol. The SMILES string of the molecule is [CH2]CCCCCCCCCCCCCCCCCCO. The van der Waals surface area contributed by atoms with Gasteiger partial charge in [-0.1, -0.05) is 110 Å². The number of rotatable bonds is 17. The molecule has 0 aliphatic carbocycles. The van der Waals surface area contributed by atoms with Crippen LogP contribution in [0.15, 0.2) is 0 Å². The summed E-state index contributed by atoms with van der Waals surface area (Å²) in [5, 5.41) is 8.68. The van der Waals surface area contributed by atoms with Crippen molar-refractivity contribution >= 4 is 0 Å². The smallest absolute Gasteiger partial charge is 0.0431 e. The number of hydrogen-bond acceptors (Lipinski definition) is 1. The lowest BCUT2D eigenvalue weighted by atomic mass is 10.0. The lowest BCUT2D eigenvalue weighted by Gasteiger charge is -2.03. The summed E-state index contributed by atoms with van der Waals surface area (Å²) in [5.41, 5.74) is 0. The highest BCUT2D eigenvalue weighted by molar-refractivity contribution is 4.50. The van der Waals surface area contributed by atoms with Gasteiger partial charge >= 0.3 is 0 Å². The third kappa shape index (κ3) is 18.0. The Kier molecular flexibility index (Phi) is 18.9. The van der Waals surface area contributed by atoms with Crippen LogP contribution in [0.5, 0.6) is 0 Å². The van der Waals surface area contributed by atoms with E-state index in [-0.39, 0.29) is 0 Å². The molecule has 0 unspecified atom stereocenters. The number of aliphatic hydroxyl groups excluding tert-OH is 1. The Balaban J connectivity index is 2.89. The number of unbranched alkanes of at least 4 members (excludes halogenated alkanes) is 16. The lowest BCUT2D eigenvalue weighted by Crippen LogP contribution is -1.85. The highest BCUT2D eigenvalue weighted by Gasteiger charge is 1.94. The molecule has 1 radical (unpaired) electrons. The van der Waals surface area contributed by atoms with Crippen LogP contribution in [-0.4, -0.2) is 11.7 Å². The van der Waals surface area contributed by atoms with Crippen LogP contribution in [0.2, 0.25) is 0 Å². The maximum absolute atomic E-state index is 8.68. The lowest BCUT2D eigenvalue weighted by molar-refractivity contribution is 0.282. The highest BCUT2D eigenvalue weighted by atomic mass is 16.2. The first-order valence-electron chi connectivity index (χ1n) is 9.32. The van der Waals surface area contributed by atoms with E-state index >= 15 is 0 Å². The van der Waals surface area contributed by atoms with Crippen LogP contribution in [0.1, 0.15) is 109 Å².